The third kappa shape index (κ3) is 5.07. The molecule has 3 aromatic rings. The van der Waals surface area contributed by atoms with Gasteiger partial charge in [0.2, 0.25) is 5.89 Å². The second-order valence-electron chi connectivity index (χ2n) is 5.72. The molecule has 0 aliphatic rings. The molecule has 0 N–H and O–H groups in total. The van der Waals surface area contributed by atoms with E-state index in [1.54, 1.807) is 38.3 Å². The Bertz CT molecular complexity index is 862. The topological polar surface area (TPSA) is 83.7 Å². The van der Waals surface area contributed by atoms with Crippen molar-refractivity contribution in [3.05, 3.63) is 60.5 Å². The van der Waals surface area contributed by atoms with E-state index in [4.69, 9.17) is 18.6 Å². The summed E-state index contributed by atoms with van der Waals surface area (Å²) in [5.41, 5.74) is 0.808. The fourth-order valence-electron chi connectivity index (χ4n) is 2.33. The van der Waals surface area contributed by atoms with Gasteiger partial charge in [-0.05, 0) is 43.3 Å². The van der Waals surface area contributed by atoms with E-state index in [0.29, 0.717) is 11.6 Å². The highest BCUT2D eigenvalue weighted by molar-refractivity contribution is 5.69. The van der Waals surface area contributed by atoms with Gasteiger partial charge in [-0.15, -0.1) is 10.2 Å². The second-order valence-corrected chi connectivity index (χ2v) is 5.72. The number of carbonyl (C=O) groups excluding carboxylic acids is 1. The van der Waals surface area contributed by atoms with Gasteiger partial charge < -0.3 is 18.6 Å². The maximum Gasteiger partial charge on any atom is 0.310 e. The van der Waals surface area contributed by atoms with Crippen LogP contribution in [0.1, 0.15) is 25.3 Å². The molecule has 0 spiro atoms. The first-order valence-corrected chi connectivity index (χ1v) is 8.51. The van der Waals surface area contributed by atoms with E-state index in [-0.39, 0.29) is 18.9 Å². The monoisotopic (exact) mass is 368 g/mol. The minimum atomic E-state index is -0.636. The maximum absolute atomic E-state index is 12.0. The van der Waals surface area contributed by atoms with Gasteiger partial charge in [0.25, 0.3) is 5.89 Å². The standard InChI is InChI=1S/C20H20N2O5/c1-14(19-21-22-20(27-19)15-6-4-3-5-7-15)26-18(23)12-13-25-17-10-8-16(24-2)9-11-17/h3-11,14H,12-13H2,1-2H3. The van der Waals surface area contributed by atoms with E-state index in [1.165, 1.54) is 0 Å². The molecule has 7 heteroatoms. The van der Waals surface area contributed by atoms with Crippen LogP contribution in [0.2, 0.25) is 0 Å². The first kappa shape index (κ1) is 18.4. The lowest BCUT2D eigenvalue weighted by Crippen LogP contribution is -2.12. The molecule has 3 rings (SSSR count). The van der Waals surface area contributed by atoms with E-state index in [1.807, 2.05) is 30.3 Å². The van der Waals surface area contributed by atoms with Gasteiger partial charge in [-0.2, -0.15) is 0 Å². The van der Waals surface area contributed by atoms with E-state index in [9.17, 15) is 4.79 Å². The lowest BCUT2D eigenvalue weighted by atomic mass is 10.2. The summed E-state index contributed by atoms with van der Waals surface area (Å²) in [5, 5.41) is 7.94. The van der Waals surface area contributed by atoms with Crippen LogP contribution in [0.4, 0.5) is 0 Å². The molecule has 0 amide bonds. The fraction of sp³-hybridized carbons (Fsp3) is 0.250. The van der Waals surface area contributed by atoms with Crippen molar-refractivity contribution < 1.29 is 23.4 Å². The highest BCUT2D eigenvalue weighted by Crippen LogP contribution is 2.22. The van der Waals surface area contributed by atoms with Crippen molar-refractivity contribution in [1.82, 2.24) is 10.2 Å². The molecule has 7 nitrogen and oxygen atoms in total. The fourth-order valence-corrected chi connectivity index (χ4v) is 2.33. The minimum Gasteiger partial charge on any atom is -0.497 e. The van der Waals surface area contributed by atoms with E-state index in [0.717, 1.165) is 11.3 Å². The average Bonchev–Trinajstić information content (AvgIpc) is 3.20. The van der Waals surface area contributed by atoms with Gasteiger partial charge in [-0.1, -0.05) is 18.2 Å². The summed E-state index contributed by atoms with van der Waals surface area (Å²) in [5.74, 6) is 1.62. The van der Waals surface area contributed by atoms with Crippen molar-refractivity contribution in [3.63, 3.8) is 0 Å². The Hall–Kier alpha value is -3.35. The number of esters is 1. The smallest absolute Gasteiger partial charge is 0.310 e. The van der Waals surface area contributed by atoms with Gasteiger partial charge in [-0.3, -0.25) is 4.79 Å². The Morgan fingerprint density at radius 1 is 1.04 bits per heavy atom. The van der Waals surface area contributed by atoms with E-state index >= 15 is 0 Å². The first-order valence-electron chi connectivity index (χ1n) is 8.51. The van der Waals surface area contributed by atoms with Gasteiger partial charge in [0, 0.05) is 5.56 Å². The highest BCUT2D eigenvalue weighted by Gasteiger charge is 2.19. The molecule has 1 unspecified atom stereocenters. The highest BCUT2D eigenvalue weighted by atomic mass is 16.6. The molecule has 0 saturated heterocycles. The van der Waals surface area contributed by atoms with Crippen molar-refractivity contribution in [2.45, 2.75) is 19.4 Å². The number of methoxy groups -OCH3 is 1. The molecule has 2 aromatic carbocycles. The lowest BCUT2D eigenvalue weighted by molar-refractivity contribution is -0.150. The normalized spacial score (nSPS) is 11.6. The van der Waals surface area contributed by atoms with Crippen molar-refractivity contribution >= 4 is 5.97 Å². The first-order chi connectivity index (χ1) is 13.2. The van der Waals surface area contributed by atoms with Crippen LogP contribution in [-0.2, 0) is 9.53 Å². The number of ether oxygens (including phenoxy) is 3. The van der Waals surface area contributed by atoms with Crippen LogP contribution in [-0.4, -0.2) is 29.9 Å². The Morgan fingerprint density at radius 3 is 2.44 bits per heavy atom. The lowest BCUT2D eigenvalue weighted by Gasteiger charge is -2.10. The number of hydrogen-bond donors (Lipinski definition) is 0. The van der Waals surface area contributed by atoms with E-state index < -0.39 is 12.1 Å². The molecule has 0 fully saturated rings. The van der Waals surface area contributed by atoms with Crippen LogP contribution < -0.4 is 9.47 Å². The molecule has 1 aromatic heterocycles. The summed E-state index contributed by atoms with van der Waals surface area (Å²) < 4.78 is 21.5. The largest absolute Gasteiger partial charge is 0.497 e. The Labute approximate surface area is 156 Å². The molecule has 27 heavy (non-hydrogen) atoms. The Balaban J connectivity index is 1.47. The number of benzene rings is 2. The third-order valence-electron chi connectivity index (χ3n) is 3.75. The van der Waals surface area contributed by atoms with Crippen LogP contribution >= 0.6 is 0 Å². The predicted molar refractivity (Wildman–Crippen MR) is 97.3 cm³/mol. The van der Waals surface area contributed by atoms with E-state index in [2.05, 4.69) is 10.2 Å². The maximum atomic E-state index is 12.0. The van der Waals surface area contributed by atoms with Crippen LogP contribution in [0.25, 0.3) is 11.5 Å². The molecule has 0 aliphatic heterocycles. The molecule has 0 radical (unpaired) electrons. The number of carbonyl (C=O) groups is 1. The quantitative estimate of drug-likeness (QED) is 0.559. The van der Waals surface area contributed by atoms with Gasteiger partial charge in [-0.25, -0.2) is 0 Å². The molecule has 0 aliphatic carbocycles. The zero-order valence-electron chi connectivity index (χ0n) is 15.1. The van der Waals surface area contributed by atoms with Crippen LogP contribution in [0.15, 0.2) is 59.0 Å². The van der Waals surface area contributed by atoms with Gasteiger partial charge in [0.15, 0.2) is 6.10 Å². The van der Waals surface area contributed by atoms with Gasteiger partial charge in [0.1, 0.15) is 11.5 Å². The van der Waals surface area contributed by atoms with Crippen LogP contribution in [0, 0.1) is 0 Å². The van der Waals surface area contributed by atoms with Crippen molar-refractivity contribution in [2.75, 3.05) is 13.7 Å². The molecule has 0 saturated carbocycles. The minimum absolute atomic E-state index is 0.107. The number of nitrogens with zero attached hydrogens (tertiary/aromatic N) is 2. The van der Waals surface area contributed by atoms with Gasteiger partial charge >= 0.3 is 5.97 Å². The molecular weight excluding hydrogens is 348 g/mol. The Kier molecular flexibility index (Phi) is 6.04. The molecule has 140 valence electrons. The Morgan fingerprint density at radius 2 is 1.74 bits per heavy atom. The second kappa shape index (κ2) is 8.84. The average molecular weight is 368 g/mol. The SMILES string of the molecule is COc1ccc(OCCC(=O)OC(C)c2nnc(-c3ccccc3)o2)cc1. The molecule has 1 atom stereocenters. The summed E-state index contributed by atoms with van der Waals surface area (Å²) in [6.07, 6.45) is -0.529. The number of hydrogen-bond acceptors (Lipinski definition) is 7. The number of aromatic nitrogens is 2. The van der Waals surface area contributed by atoms with Crippen molar-refractivity contribution in [3.8, 4) is 23.0 Å². The number of rotatable bonds is 8. The van der Waals surface area contributed by atoms with Crippen molar-refractivity contribution in [2.24, 2.45) is 0 Å². The zero-order chi connectivity index (χ0) is 19.1. The zero-order valence-corrected chi connectivity index (χ0v) is 15.1. The third-order valence-corrected chi connectivity index (χ3v) is 3.75. The molecular formula is C20H20N2O5. The summed E-state index contributed by atoms with van der Waals surface area (Å²) in [6, 6.07) is 16.5. The van der Waals surface area contributed by atoms with Crippen molar-refractivity contribution in [1.29, 1.82) is 0 Å². The van der Waals surface area contributed by atoms with Crippen LogP contribution in [0.5, 0.6) is 11.5 Å². The molecule has 0 bridgehead atoms. The predicted octanol–water partition coefficient (Wildman–Crippen LogP) is 3.82. The summed E-state index contributed by atoms with van der Waals surface area (Å²) in [7, 11) is 1.60. The summed E-state index contributed by atoms with van der Waals surface area (Å²) in [6.45, 7) is 1.89. The van der Waals surface area contributed by atoms with Gasteiger partial charge in [0.05, 0.1) is 20.1 Å². The summed E-state index contributed by atoms with van der Waals surface area (Å²) >= 11 is 0. The van der Waals surface area contributed by atoms with Crippen LogP contribution in [0.3, 0.4) is 0 Å². The molecule has 1 heterocycles. The summed E-state index contributed by atoms with van der Waals surface area (Å²) in [4.78, 5) is 12.0.